The highest BCUT2D eigenvalue weighted by Gasteiger charge is 2.40. The Morgan fingerprint density at radius 2 is 2.31 bits per heavy atom. The van der Waals surface area contributed by atoms with Gasteiger partial charge in [0, 0.05) is 12.0 Å². The van der Waals surface area contributed by atoms with Gasteiger partial charge in [-0.15, -0.1) is 11.8 Å². The van der Waals surface area contributed by atoms with Crippen molar-refractivity contribution in [1.29, 1.82) is 0 Å². The molecule has 0 amide bonds. The fourth-order valence-corrected chi connectivity index (χ4v) is 3.23. The first-order valence-corrected chi connectivity index (χ1v) is 5.36. The molecule has 1 spiro atoms. The predicted octanol–water partition coefficient (Wildman–Crippen LogP) is 2.49. The molecule has 1 aliphatic carbocycles. The molecule has 2 aliphatic heterocycles. The van der Waals surface area contributed by atoms with Gasteiger partial charge in [0.15, 0.2) is 0 Å². The minimum atomic E-state index is 0.0590. The number of nitrogens with zero attached hydrogens (tertiary/aromatic N) is 1. The van der Waals surface area contributed by atoms with Gasteiger partial charge in [-0.05, 0) is 17.7 Å². The average molecular weight is 187 g/mol. The van der Waals surface area contributed by atoms with Gasteiger partial charge in [-0.1, -0.05) is 24.3 Å². The molecule has 1 nitrogen and oxygen atoms in total. The van der Waals surface area contributed by atoms with Crippen LogP contribution >= 0.6 is 11.8 Å². The van der Waals surface area contributed by atoms with Gasteiger partial charge < -0.3 is 0 Å². The van der Waals surface area contributed by atoms with Crippen molar-refractivity contribution in [3.05, 3.63) is 48.2 Å². The van der Waals surface area contributed by atoms with Crippen LogP contribution in [-0.2, 0) is 0 Å². The summed E-state index contributed by atoms with van der Waals surface area (Å²) < 4.78 is 0.0590. The second-order valence-electron chi connectivity index (χ2n) is 3.25. The van der Waals surface area contributed by atoms with Crippen LogP contribution in [-0.4, -0.2) is 16.2 Å². The Kier molecular flexibility index (Phi) is 1.41. The third-order valence-corrected chi connectivity index (χ3v) is 3.96. The van der Waals surface area contributed by atoms with Crippen LogP contribution in [0, 0.1) is 0 Å². The molecule has 0 N–H and O–H groups in total. The van der Waals surface area contributed by atoms with Crippen molar-refractivity contribution in [3.8, 4) is 0 Å². The molecule has 1 atom stereocenters. The lowest BCUT2D eigenvalue weighted by atomic mass is 9.88. The van der Waals surface area contributed by atoms with Gasteiger partial charge >= 0.3 is 0 Å². The van der Waals surface area contributed by atoms with Crippen LogP contribution in [0.25, 0.3) is 0 Å². The van der Waals surface area contributed by atoms with Crippen LogP contribution in [0.1, 0.15) is 0 Å². The normalized spacial score (nSPS) is 33.8. The Balaban J connectivity index is 2.22. The topological polar surface area (TPSA) is 12.4 Å². The van der Waals surface area contributed by atoms with Crippen molar-refractivity contribution in [2.24, 2.45) is 4.99 Å². The first-order valence-electron chi connectivity index (χ1n) is 4.37. The quantitative estimate of drug-likeness (QED) is 0.567. The fourth-order valence-electron chi connectivity index (χ4n) is 1.94. The highest BCUT2D eigenvalue weighted by Crippen LogP contribution is 2.45. The molecule has 1 unspecified atom stereocenters. The number of aliphatic imine (C=N–C) groups is 1. The van der Waals surface area contributed by atoms with Gasteiger partial charge in [0.1, 0.15) is 4.75 Å². The first kappa shape index (κ1) is 7.39. The van der Waals surface area contributed by atoms with Crippen molar-refractivity contribution in [3.63, 3.8) is 0 Å². The largest absolute Gasteiger partial charge is 0.259 e. The van der Waals surface area contributed by atoms with Crippen molar-refractivity contribution < 1.29 is 0 Å². The molecule has 2 heteroatoms. The van der Waals surface area contributed by atoms with E-state index in [9.17, 15) is 0 Å². The maximum absolute atomic E-state index is 4.42. The molecule has 0 aromatic heterocycles. The molecule has 3 aliphatic rings. The summed E-state index contributed by atoms with van der Waals surface area (Å²) in [6.07, 6.45) is 14.8. The minimum Gasteiger partial charge on any atom is -0.259 e. The van der Waals surface area contributed by atoms with Gasteiger partial charge in [-0.2, -0.15) is 0 Å². The van der Waals surface area contributed by atoms with Crippen molar-refractivity contribution in [2.75, 3.05) is 5.75 Å². The smallest absolute Gasteiger partial charge is 0.101 e. The molecular formula is C11H9NS. The van der Waals surface area contributed by atoms with E-state index in [1.807, 2.05) is 18.0 Å². The SMILES string of the molecule is C1=CC2=NC=CC3=CCSC32C=C1. The van der Waals surface area contributed by atoms with E-state index >= 15 is 0 Å². The Bertz CT molecular complexity index is 398. The van der Waals surface area contributed by atoms with E-state index in [0.717, 1.165) is 5.75 Å². The molecule has 0 saturated carbocycles. The molecule has 0 radical (unpaired) electrons. The lowest BCUT2D eigenvalue weighted by Gasteiger charge is -2.30. The molecule has 0 bridgehead atoms. The summed E-state index contributed by atoms with van der Waals surface area (Å²) >= 11 is 1.94. The molecule has 13 heavy (non-hydrogen) atoms. The number of hydrogen-bond donors (Lipinski definition) is 0. The number of thioether (sulfide) groups is 1. The van der Waals surface area contributed by atoms with E-state index in [1.165, 1.54) is 11.3 Å². The van der Waals surface area contributed by atoms with E-state index in [-0.39, 0.29) is 4.75 Å². The summed E-state index contributed by atoms with van der Waals surface area (Å²) in [7, 11) is 0. The zero-order valence-electron chi connectivity index (χ0n) is 7.10. The maximum atomic E-state index is 4.42. The summed E-state index contributed by atoms with van der Waals surface area (Å²) in [6, 6.07) is 0. The standard InChI is InChI=1S/C11H9NS/c1-2-6-11-9(5-8-13-11)4-7-12-10(11)3-1/h1-7H,8H2. The number of rotatable bonds is 0. The summed E-state index contributed by atoms with van der Waals surface area (Å²) in [6.45, 7) is 0. The van der Waals surface area contributed by atoms with Crippen LogP contribution in [0.15, 0.2) is 53.2 Å². The van der Waals surface area contributed by atoms with Crippen molar-refractivity contribution in [1.82, 2.24) is 0 Å². The van der Waals surface area contributed by atoms with E-state index < -0.39 is 0 Å². The predicted molar refractivity (Wildman–Crippen MR) is 58.1 cm³/mol. The van der Waals surface area contributed by atoms with Crippen LogP contribution in [0.2, 0.25) is 0 Å². The molecule has 0 aromatic rings. The molecule has 0 aromatic carbocycles. The average Bonchev–Trinajstić information content (AvgIpc) is 2.58. The van der Waals surface area contributed by atoms with Gasteiger partial charge in [-0.3, -0.25) is 4.99 Å². The third kappa shape index (κ3) is 0.866. The second kappa shape index (κ2) is 2.48. The minimum absolute atomic E-state index is 0.0590. The highest BCUT2D eigenvalue weighted by molar-refractivity contribution is 8.02. The van der Waals surface area contributed by atoms with Crippen LogP contribution in [0.5, 0.6) is 0 Å². The van der Waals surface area contributed by atoms with Crippen LogP contribution in [0.4, 0.5) is 0 Å². The summed E-state index contributed by atoms with van der Waals surface area (Å²) in [5, 5.41) is 0. The van der Waals surface area contributed by atoms with Gasteiger partial charge in [-0.25, -0.2) is 0 Å². The maximum Gasteiger partial charge on any atom is 0.101 e. The van der Waals surface area contributed by atoms with Crippen LogP contribution < -0.4 is 0 Å². The van der Waals surface area contributed by atoms with E-state index in [1.54, 1.807) is 0 Å². The molecule has 64 valence electrons. The summed E-state index contributed by atoms with van der Waals surface area (Å²) in [5.41, 5.74) is 2.56. The van der Waals surface area contributed by atoms with Crippen molar-refractivity contribution in [2.45, 2.75) is 4.75 Å². The van der Waals surface area contributed by atoms with E-state index in [4.69, 9.17) is 0 Å². The lowest BCUT2D eigenvalue weighted by Crippen LogP contribution is -2.34. The van der Waals surface area contributed by atoms with Gasteiger partial charge in [0.25, 0.3) is 0 Å². The fraction of sp³-hybridized carbons (Fsp3) is 0.182. The monoisotopic (exact) mass is 187 g/mol. The number of hydrogen-bond acceptors (Lipinski definition) is 2. The Hall–Kier alpha value is -1.02. The summed E-state index contributed by atoms with van der Waals surface area (Å²) in [4.78, 5) is 4.42. The molecule has 0 saturated heterocycles. The lowest BCUT2D eigenvalue weighted by molar-refractivity contribution is 1.11. The van der Waals surface area contributed by atoms with Crippen molar-refractivity contribution >= 4 is 17.5 Å². The van der Waals surface area contributed by atoms with E-state index in [0.29, 0.717) is 0 Å². The molecular weight excluding hydrogens is 178 g/mol. The number of allylic oxidation sites excluding steroid dienone is 4. The third-order valence-electron chi connectivity index (χ3n) is 2.59. The van der Waals surface area contributed by atoms with Gasteiger partial charge in [0.05, 0.1) is 5.71 Å². The Morgan fingerprint density at radius 1 is 1.31 bits per heavy atom. The Labute approximate surface area is 81.6 Å². The first-order chi connectivity index (χ1) is 6.42. The van der Waals surface area contributed by atoms with Gasteiger partial charge in [0.2, 0.25) is 0 Å². The van der Waals surface area contributed by atoms with E-state index in [2.05, 4.69) is 41.4 Å². The molecule has 2 heterocycles. The molecule has 0 fully saturated rings. The molecule has 3 rings (SSSR count). The highest BCUT2D eigenvalue weighted by atomic mass is 32.2. The summed E-state index contributed by atoms with van der Waals surface area (Å²) in [5.74, 6) is 1.09. The zero-order valence-corrected chi connectivity index (χ0v) is 7.92. The Morgan fingerprint density at radius 3 is 3.31 bits per heavy atom. The zero-order chi connectivity index (χ0) is 8.73. The second-order valence-corrected chi connectivity index (χ2v) is 4.52. The van der Waals surface area contributed by atoms with Crippen LogP contribution in [0.3, 0.4) is 0 Å².